The highest BCUT2D eigenvalue weighted by molar-refractivity contribution is 5.55. The fourth-order valence-corrected chi connectivity index (χ4v) is 3.19. The molecule has 0 saturated heterocycles. The van der Waals surface area contributed by atoms with Gasteiger partial charge < -0.3 is 15.4 Å². The zero-order chi connectivity index (χ0) is 18.8. The second kappa shape index (κ2) is 6.80. The van der Waals surface area contributed by atoms with Crippen LogP contribution in [-0.4, -0.2) is 23.1 Å². The van der Waals surface area contributed by atoms with Crippen LogP contribution in [0, 0.1) is 11.3 Å². The first-order valence-electron chi connectivity index (χ1n) is 8.29. The molecule has 0 aliphatic carbocycles. The van der Waals surface area contributed by atoms with Crippen molar-refractivity contribution < 1.29 is 4.74 Å². The zero-order valence-corrected chi connectivity index (χ0v) is 14.5. The Morgan fingerprint density at radius 1 is 1.19 bits per heavy atom. The predicted octanol–water partition coefficient (Wildman–Crippen LogP) is 1.13. The number of anilines is 1. The van der Waals surface area contributed by atoms with Crippen molar-refractivity contribution >= 4 is 5.69 Å². The Bertz CT molecular complexity index is 1010. The normalized spacial score (nSPS) is 15.8. The summed E-state index contributed by atoms with van der Waals surface area (Å²) in [5, 5.41) is 9.52. The van der Waals surface area contributed by atoms with Gasteiger partial charge in [0.25, 0.3) is 5.56 Å². The molecule has 1 atom stereocenters. The Balaban J connectivity index is 2.16. The summed E-state index contributed by atoms with van der Waals surface area (Å²) in [7, 11) is 0. The summed E-state index contributed by atoms with van der Waals surface area (Å²) in [5.41, 5.74) is 6.58. The third-order valence-electron chi connectivity index (χ3n) is 4.47. The van der Waals surface area contributed by atoms with E-state index in [1.165, 1.54) is 0 Å². The van der Waals surface area contributed by atoms with Crippen LogP contribution in [0.15, 0.2) is 45.3 Å². The largest absolute Gasteiger partial charge is 0.424 e. The molecule has 1 aromatic heterocycles. The van der Waals surface area contributed by atoms with Gasteiger partial charge in [-0.3, -0.25) is 14.8 Å². The smallest absolute Gasteiger partial charge is 0.328 e. The summed E-state index contributed by atoms with van der Waals surface area (Å²) < 4.78 is 5.30. The molecule has 2 heterocycles. The van der Waals surface area contributed by atoms with Gasteiger partial charge in [0.05, 0.1) is 11.5 Å². The van der Waals surface area contributed by atoms with Gasteiger partial charge in [-0.15, -0.1) is 0 Å². The molecule has 1 aliphatic heterocycles. The molecule has 4 N–H and O–H groups in total. The molecule has 0 spiro atoms. The fraction of sp³-hybridized carbons (Fsp3) is 0.278. The number of nitriles is 1. The predicted molar refractivity (Wildman–Crippen MR) is 97.0 cm³/mol. The quantitative estimate of drug-likeness (QED) is 0.756. The lowest BCUT2D eigenvalue weighted by molar-refractivity contribution is 0.373. The van der Waals surface area contributed by atoms with Crippen LogP contribution in [-0.2, 0) is 0 Å². The van der Waals surface area contributed by atoms with Crippen molar-refractivity contribution in [2.45, 2.75) is 19.8 Å². The Morgan fingerprint density at radius 2 is 1.85 bits per heavy atom. The van der Waals surface area contributed by atoms with E-state index in [0.717, 1.165) is 18.8 Å². The molecule has 2 aromatic rings. The highest BCUT2D eigenvalue weighted by Crippen LogP contribution is 2.38. The number of benzene rings is 1. The average Bonchev–Trinajstić information content (AvgIpc) is 2.62. The van der Waals surface area contributed by atoms with Crippen LogP contribution >= 0.6 is 0 Å². The van der Waals surface area contributed by atoms with Crippen LogP contribution in [0.3, 0.4) is 0 Å². The maximum atomic E-state index is 12.4. The lowest BCUT2D eigenvalue weighted by Gasteiger charge is -2.26. The van der Waals surface area contributed by atoms with Crippen LogP contribution in [0.25, 0.3) is 0 Å². The van der Waals surface area contributed by atoms with E-state index in [-0.39, 0.29) is 22.9 Å². The summed E-state index contributed by atoms with van der Waals surface area (Å²) in [6.45, 7) is 5.87. The lowest BCUT2D eigenvalue weighted by Crippen LogP contribution is -2.33. The number of aromatic nitrogens is 2. The zero-order valence-electron chi connectivity index (χ0n) is 14.5. The van der Waals surface area contributed by atoms with Gasteiger partial charge in [0.1, 0.15) is 11.6 Å². The summed E-state index contributed by atoms with van der Waals surface area (Å²) in [6, 6.07) is 9.58. The number of aromatic amines is 2. The molecule has 0 saturated carbocycles. The highest BCUT2D eigenvalue weighted by atomic mass is 16.5. The Kier molecular flexibility index (Phi) is 4.54. The van der Waals surface area contributed by atoms with Gasteiger partial charge >= 0.3 is 5.69 Å². The number of hydrogen-bond acceptors (Lipinski definition) is 6. The molecule has 0 unspecified atom stereocenters. The van der Waals surface area contributed by atoms with Crippen LogP contribution in [0.1, 0.15) is 30.9 Å². The molecule has 3 rings (SSSR count). The van der Waals surface area contributed by atoms with Crippen molar-refractivity contribution in [3.05, 3.63) is 67.7 Å². The van der Waals surface area contributed by atoms with E-state index >= 15 is 0 Å². The van der Waals surface area contributed by atoms with Gasteiger partial charge in [-0.1, -0.05) is 12.1 Å². The SMILES string of the molecule is CCN(CC)c1ccc([C@@H]2C(C#N)=C(N)Oc3[nH]c(=O)[nH]c(=O)c32)cc1. The first kappa shape index (κ1) is 17.4. The molecule has 0 amide bonds. The minimum Gasteiger partial charge on any atom is -0.424 e. The van der Waals surface area contributed by atoms with Crippen molar-refractivity contribution in [2.24, 2.45) is 5.73 Å². The first-order valence-corrected chi connectivity index (χ1v) is 8.29. The summed E-state index contributed by atoms with van der Waals surface area (Å²) in [4.78, 5) is 30.7. The Labute approximate surface area is 149 Å². The highest BCUT2D eigenvalue weighted by Gasteiger charge is 2.34. The number of nitrogens with two attached hydrogens (primary N) is 1. The number of H-pyrrole nitrogens is 2. The second-order valence-corrected chi connectivity index (χ2v) is 5.84. The maximum Gasteiger partial charge on any atom is 0.328 e. The second-order valence-electron chi connectivity index (χ2n) is 5.84. The Morgan fingerprint density at radius 3 is 2.42 bits per heavy atom. The molecule has 1 aliphatic rings. The number of nitrogens with one attached hydrogen (secondary N) is 2. The number of rotatable bonds is 4. The van der Waals surface area contributed by atoms with Gasteiger partial charge in [-0.05, 0) is 31.5 Å². The molecule has 8 heteroatoms. The van der Waals surface area contributed by atoms with Crippen LogP contribution in [0.5, 0.6) is 5.88 Å². The minimum absolute atomic E-state index is 0.0342. The van der Waals surface area contributed by atoms with Crippen molar-refractivity contribution in [2.75, 3.05) is 18.0 Å². The van der Waals surface area contributed by atoms with E-state index in [2.05, 4.69) is 28.7 Å². The average molecular weight is 353 g/mol. The molecular formula is C18H19N5O3. The molecule has 0 fully saturated rings. The number of allylic oxidation sites excluding steroid dienone is 1. The lowest BCUT2D eigenvalue weighted by atomic mass is 9.85. The molecule has 0 radical (unpaired) electrons. The van der Waals surface area contributed by atoms with Crippen molar-refractivity contribution in [3.63, 3.8) is 0 Å². The molecular weight excluding hydrogens is 334 g/mol. The molecule has 8 nitrogen and oxygen atoms in total. The molecule has 1 aromatic carbocycles. The van der Waals surface area contributed by atoms with Gasteiger partial charge in [0.2, 0.25) is 11.8 Å². The van der Waals surface area contributed by atoms with E-state index in [1.54, 1.807) is 0 Å². The number of ether oxygens (including phenoxy) is 1. The third kappa shape index (κ3) is 2.84. The van der Waals surface area contributed by atoms with Crippen LogP contribution in [0.4, 0.5) is 5.69 Å². The van der Waals surface area contributed by atoms with E-state index in [1.807, 2.05) is 30.3 Å². The van der Waals surface area contributed by atoms with E-state index in [9.17, 15) is 14.9 Å². The molecule has 134 valence electrons. The number of nitrogens with zero attached hydrogens (tertiary/aromatic N) is 2. The standard InChI is InChI=1S/C18H19N5O3/c1-3-23(4-2)11-7-5-10(6-8-11)13-12(9-19)15(20)26-17-14(13)16(24)21-18(25)22-17/h5-8,13H,3-4,20H2,1-2H3,(H2,21,22,24,25)/t13-/m1/s1. The van der Waals surface area contributed by atoms with Crippen molar-refractivity contribution in [3.8, 4) is 11.9 Å². The topological polar surface area (TPSA) is 128 Å². The Hall–Kier alpha value is -3.47. The number of hydrogen-bond donors (Lipinski definition) is 3. The summed E-state index contributed by atoms with van der Waals surface area (Å²) in [6.07, 6.45) is 0. The van der Waals surface area contributed by atoms with E-state index in [4.69, 9.17) is 10.5 Å². The molecule has 0 bridgehead atoms. The van der Waals surface area contributed by atoms with Crippen LogP contribution in [0.2, 0.25) is 0 Å². The summed E-state index contributed by atoms with van der Waals surface area (Å²) in [5.74, 6) is -0.873. The first-order chi connectivity index (χ1) is 12.5. The monoisotopic (exact) mass is 353 g/mol. The van der Waals surface area contributed by atoms with E-state index < -0.39 is 17.2 Å². The van der Waals surface area contributed by atoms with Crippen LogP contribution < -0.4 is 26.6 Å². The van der Waals surface area contributed by atoms with Crippen molar-refractivity contribution in [1.82, 2.24) is 9.97 Å². The third-order valence-corrected chi connectivity index (χ3v) is 4.47. The summed E-state index contributed by atoms with van der Waals surface area (Å²) >= 11 is 0. The van der Waals surface area contributed by atoms with Gasteiger partial charge in [0.15, 0.2) is 0 Å². The van der Waals surface area contributed by atoms with Gasteiger partial charge in [0, 0.05) is 18.8 Å². The fourth-order valence-electron chi connectivity index (χ4n) is 3.19. The van der Waals surface area contributed by atoms with Gasteiger partial charge in [-0.2, -0.15) is 5.26 Å². The maximum absolute atomic E-state index is 12.4. The minimum atomic E-state index is -0.713. The van der Waals surface area contributed by atoms with Gasteiger partial charge in [-0.25, -0.2) is 4.79 Å². The van der Waals surface area contributed by atoms with Crippen molar-refractivity contribution in [1.29, 1.82) is 5.26 Å². The van der Waals surface area contributed by atoms with E-state index in [0.29, 0.717) is 5.56 Å². The number of fused-ring (bicyclic) bond motifs is 1. The molecule has 26 heavy (non-hydrogen) atoms.